The third kappa shape index (κ3) is 6.39. The van der Waals surface area contributed by atoms with E-state index < -0.39 is 0 Å². The number of carbonyl (C=O) groups excluding carboxylic acids is 1. The second-order valence-corrected chi connectivity index (χ2v) is 10.2. The van der Waals surface area contributed by atoms with Gasteiger partial charge >= 0.3 is 0 Å². The molecule has 39 heavy (non-hydrogen) atoms. The predicted molar refractivity (Wildman–Crippen MR) is 154 cm³/mol. The number of hydrogen-bond donors (Lipinski definition) is 0. The fourth-order valence-electron chi connectivity index (χ4n) is 4.61. The van der Waals surface area contributed by atoms with Crippen molar-refractivity contribution < 1.29 is 23.7 Å². The van der Waals surface area contributed by atoms with Crippen LogP contribution in [-0.2, 0) is 28.1 Å². The lowest BCUT2D eigenvalue weighted by Gasteiger charge is -2.28. The fraction of sp³-hybridized carbons (Fsp3) is 0.265. The summed E-state index contributed by atoms with van der Waals surface area (Å²) in [5.74, 6) is 2.16. The minimum absolute atomic E-state index is 0.0135. The molecule has 0 radical (unpaired) electrons. The molecule has 0 aliphatic carbocycles. The first-order valence-corrected chi connectivity index (χ1v) is 12.9. The van der Waals surface area contributed by atoms with E-state index in [0.29, 0.717) is 35.8 Å². The minimum Gasteiger partial charge on any atom is -0.496 e. The van der Waals surface area contributed by atoms with Crippen LogP contribution in [0.4, 0.5) is 0 Å². The van der Waals surface area contributed by atoms with Gasteiger partial charge in [-0.3, -0.25) is 4.79 Å². The average molecular weight is 525 g/mol. The third-order valence-corrected chi connectivity index (χ3v) is 7.04. The lowest BCUT2D eigenvalue weighted by molar-refractivity contribution is 0.103. The van der Waals surface area contributed by atoms with Crippen molar-refractivity contribution in [3.8, 4) is 17.2 Å². The molecule has 0 unspecified atom stereocenters. The molecule has 0 aliphatic rings. The normalized spacial score (nSPS) is 11.3. The Morgan fingerprint density at radius 2 is 1.15 bits per heavy atom. The lowest BCUT2D eigenvalue weighted by atomic mass is 9.77. The van der Waals surface area contributed by atoms with Crippen molar-refractivity contribution in [2.75, 3.05) is 21.3 Å². The number of rotatable bonds is 11. The SMILES string of the molecule is COCc1cc(C(C)(C)c2ccc(Oc3ccc(C(=O)c4ccc(C)cc4)cc3)c(COC)c2)ccc1OC. The van der Waals surface area contributed by atoms with Gasteiger partial charge < -0.3 is 18.9 Å². The van der Waals surface area contributed by atoms with E-state index in [1.165, 1.54) is 0 Å². The van der Waals surface area contributed by atoms with Gasteiger partial charge in [-0.05, 0) is 66.6 Å². The van der Waals surface area contributed by atoms with Crippen LogP contribution in [0, 0.1) is 6.92 Å². The molecule has 0 saturated carbocycles. The number of benzene rings is 4. The summed E-state index contributed by atoms with van der Waals surface area (Å²) in [6.45, 7) is 7.28. The van der Waals surface area contributed by atoms with Crippen molar-refractivity contribution in [2.45, 2.75) is 39.4 Å². The van der Waals surface area contributed by atoms with Gasteiger partial charge in [0, 0.05) is 41.9 Å². The molecule has 202 valence electrons. The van der Waals surface area contributed by atoms with Crippen molar-refractivity contribution in [1.29, 1.82) is 0 Å². The van der Waals surface area contributed by atoms with Crippen LogP contribution in [0.1, 0.15) is 57.6 Å². The molecule has 0 aliphatic heterocycles. The average Bonchev–Trinajstić information content (AvgIpc) is 2.94. The summed E-state index contributed by atoms with van der Waals surface area (Å²) in [4.78, 5) is 12.8. The highest BCUT2D eigenvalue weighted by Crippen LogP contribution is 2.37. The second kappa shape index (κ2) is 12.3. The Hall–Kier alpha value is -3.93. The summed E-state index contributed by atoms with van der Waals surface area (Å²) in [6, 6.07) is 27.3. The zero-order valence-corrected chi connectivity index (χ0v) is 23.5. The van der Waals surface area contributed by atoms with Gasteiger partial charge in [-0.15, -0.1) is 0 Å². The van der Waals surface area contributed by atoms with E-state index in [-0.39, 0.29) is 11.2 Å². The van der Waals surface area contributed by atoms with Gasteiger partial charge in [0.25, 0.3) is 0 Å². The van der Waals surface area contributed by atoms with E-state index in [2.05, 4.69) is 38.1 Å². The van der Waals surface area contributed by atoms with E-state index in [0.717, 1.165) is 33.6 Å². The predicted octanol–water partition coefficient (Wildman–Crippen LogP) is 7.65. The Labute approximate surface area is 231 Å². The van der Waals surface area contributed by atoms with Crippen molar-refractivity contribution in [1.82, 2.24) is 0 Å². The van der Waals surface area contributed by atoms with E-state index in [1.54, 1.807) is 33.5 Å². The Bertz CT molecular complexity index is 1420. The van der Waals surface area contributed by atoms with Crippen LogP contribution in [0.15, 0.2) is 84.9 Å². The highest BCUT2D eigenvalue weighted by molar-refractivity contribution is 6.09. The Balaban J connectivity index is 1.58. The quantitative estimate of drug-likeness (QED) is 0.189. The number of methoxy groups -OCH3 is 3. The maximum atomic E-state index is 12.8. The van der Waals surface area contributed by atoms with E-state index in [1.807, 2.05) is 55.5 Å². The highest BCUT2D eigenvalue weighted by atomic mass is 16.5. The molecule has 0 heterocycles. The molecule has 0 spiro atoms. The first kappa shape index (κ1) is 28.1. The molecule has 5 nitrogen and oxygen atoms in total. The third-order valence-electron chi connectivity index (χ3n) is 7.04. The van der Waals surface area contributed by atoms with E-state index in [4.69, 9.17) is 18.9 Å². The molecule has 4 aromatic carbocycles. The first-order chi connectivity index (χ1) is 18.8. The maximum Gasteiger partial charge on any atom is 0.193 e. The van der Waals surface area contributed by atoms with Crippen LogP contribution in [0.25, 0.3) is 0 Å². The summed E-state index contributed by atoms with van der Waals surface area (Å²) in [5.41, 5.74) is 6.36. The summed E-state index contributed by atoms with van der Waals surface area (Å²) in [6.07, 6.45) is 0. The van der Waals surface area contributed by atoms with Crippen molar-refractivity contribution in [3.05, 3.63) is 124 Å². The van der Waals surface area contributed by atoms with Crippen LogP contribution in [-0.4, -0.2) is 27.1 Å². The zero-order chi connectivity index (χ0) is 28.0. The number of hydrogen-bond acceptors (Lipinski definition) is 5. The topological polar surface area (TPSA) is 54.0 Å². The van der Waals surface area contributed by atoms with Gasteiger partial charge in [-0.1, -0.05) is 55.8 Å². The lowest BCUT2D eigenvalue weighted by Crippen LogP contribution is -2.20. The smallest absolute Gasteiger partial charge is 0.193 e. The van der Waals surface area contributed by atoms with E-state index >= 15 is 0 Å². The fourth-order valence-corrected chi connectivity index (χ4v) is 4.61. The largest absolute Gasteiger partial charge is 0.496 e. The first-order valence-electron chi connectivity index (χ1n) is 12.9. The Kier molecular flexibility index (Phi) is 8.85. The highest BCUT2D eigenvalue weighted by Gasteiger charge is 2.25. The summed E-state index contributed by atoms with van der Waals surface area (Å²) >= 11 is 0. The van der Waals surface area contributed by atoms with Crippen LogP contribution >= 0.6 is 0 Å². The van der Waals surface area contributed by atoms with Crippen LogP contribution in [0.2, 0.25) is 0 Å². The van der Waals surface area contributed by atoms with Crippen molar-refractivity contribution >= 4 is 5.78 Å². The van der Waals surface area contributed by atoms with Crippen LogP contribution < -0.4 is 9.47 Å². The van der Waals surface area contributed by atoms with Gasteiger partial charge in [0.2, 0.25) is 0 Å². The standard InChI is InChI=1S/C34H36O5/c1-23-7-9-24(10-8-23)33(35)25-11-15-30(16-12-25)39-32-18-14-29(20-27(32)22-37-5)34(2,3)28-13-17-31(38-6)26(19-28)21-36-4/h7-20H,21-22H2,1-6H3. The van der Waals surface area contributed by atoms with Crippen molar-refractivity contribution in [3.63, 3.8) is 0 Å². The molecule has 4 rings (SSSR count). The van der Waals surface area contributed by atoms with Gasteiger partial charge in [-0.25, -0.2) is 0 Å². The van der Waals surface area contributed by atoms with Gasteiger partial charge in [0.1, 0.15) is 17.2 Å². The molecule has 0 aromatic heterocycles. The molecule has 0 atom stereocenters. The molecule has 0 amide bonds. The van der Waals surface area contributed by atoms with Crippen LogP contribution in [0.5, 0.6) is 17.2 Å². The summed E-state index contributed by atoms with van der Waals surface area (Å²) in [7, 11) is 5.03. The molecule has 0 saturated heterocycles. The van der Waals surface area contributed by atoms with Gasteiger partial charge in [0.05, 0.1) is 20.3 Å². The molecule has 0 fully saturated rings. The summed E-state index contributed by atoms with van der Waals surface area (Å²) in [5, 5.41) is 0. The molecule has 4 aromatic rings. The molecular weight excluding hydrogens is 488 g/mol. The number of carbonyl (C=O) groups is 1. The number of aryl methyl sites for hydroxylation is 1. The van der Waals surface area contributed by atoms with E-state index in [9.17, 15) is 4.79 Å². The van der Waals surface area contributed by atoms with Gasteiger partial charge in [0.15, 0.2) is 5.78 Å². The number of ketones is 1. The minimum atomic E-state index is -0.284. The zero-order valence-electron chi connectivity index (χ0n) is 23.5. The monoisotopic (exact) mass is 524 g/mol. The Morgan fingerprint density at radius 3 is 1.67 bits per heavy atom. The molecule has 5 heteroatoms. The summed E-state index contributed by atoms with van der Waals surface area (Å²) < 4.78 is 22.7. The number of ether oxygens (including phenoxy) is 4. The second-order valence-electron chi connectivity index (χ2n) is 10.2. The van der Waals surface area contributed by atoms with Crippen molar-refractivity contribution in [2.24, 2.45) is 0 Å². The molecular formula is C34H36O5. The molecule has 0 N–H and O–H groups in total. The Morgan fingerprint density at radius 1 is 0.667 bits per heavy atom. The van der Waals surface area contributed by atoms with Gasteiger partial charge in [-0.2, -0.15) is 0 Å². The van der Waals surface area contributed by atoms with Crippen LogP contribution in [0.3, 0.4) is 0 Å². The maximum absolute atomic E-state index is 12.8. The molecule has 0 bridgehead atoms.